The Labute approximate surface area is 90.8 Å². The van der Waals surface area contributed by atoms with Gasteiger partial charge in [0.25, 0.3) is 0 Å². The summed E-state index contributed by atoms with van der Waals surface area (Å²) in [7, 11) is 1.39. The van der Waals surface area contributed by atoms with Crippen LogP contribution >= 0.6 is 0 Å². The van der Waals surface area contributed by atoms with Crippen LogP contribution in [0.4, 0.5) is 4.39 Å². The summed E-state index contributed by atoms with van der Waals surface area (Å²) in [6.07, 6.45) is -0.258. The van der Waals surface area contributed by atoms with Gasteiger partial charge in [0.15, 0.2) is 11.5 Å². The van der Waals surface area contributed by atoms with E-state index in [1.54, 1.807) is 0 Å². The SMILES string of the molecule is CN=CC(Oc1ccc(F)cc1O)C(=O)O. The molecule has 86 valence electrons. The third-order valence-electron chi connectivity index (χ3n) is 1.70. The summed E-state index contributed by atoms with van der Waals surface area (Å²) >= 11 is 0. The van der Waals surface area contributed by atoms with Crippen LogP contribution in [0.5, 0.6) is 11.5 Å². The summed E-state index contributed by atoms with van der Waals surface area (Å²) in [6, 6.07) is 3.03. The highest BCUT2D eigenvalue weighted by molar-refractivity contribution is 5.92. The Morgan fingerprint density at radius 3 is 2.81 bits per heavy atom. The number of nitrogens with zero attached hydrogens (tertiary/aromatic N) is 1. The van der Waals surface area contributed by atoms with Crippen molar-refractivity contribution in [1.82, 2.24) is 0 Å². The molecule has 0 spiro atoms. The predicted molar refractivity (Wildman–Crippen MR) is 54.5 cm³/mol. The summed E-state index contributed by atoms with van der Waals surface area (Å²) in [5.41, 5.74) is 0. The standard InChI is InChI=1S/C10H10FNO4/c1-12-5-9(10(14)15)16-8-3-2-6(11)4-7(8)13/h2-5,9,13H,1H3,(H,14,15). The van der Waals surface area contributed by atoms with Crippen LogP contribution < -0.4 is 4.74 Å². The number of carboxylic acid groups (broad SMARTS) is 1. The second kappa shape index (κ2) is 5.11. The number of carboxylic acids is 1. The molecule has 1 unspecified atom stereocenters. The number of ether oxygens (including phenoxy) is 1. The molecule has 16 heavy (non-hydrogen) atoms. The highest BCUT2D eigenvalue weighted by Crippen LogP contribution is 2.26. The average Bonchev–Trinajstić information content (AvgIpc) is 2.20. The number of phenols is 1. The van der Waals surface area contributed by atoms with E-state index in [1.807, 2.05) is 0 Å². The fourth-order valence-electron chi connectivity index (χ4n) is 1.01. The third kappa shape index (κ3) is 2.94. The molecule has 0 saturated carbocycles. The van der Waals surface area contributed by atoms with Crippen LogP contribution in [0, 0.1) is 5.82 Å². The first-order chi connectivity index (χ1) is 7.54. The summed E-state index contributed by atoms with van der Waals surface area (Å²) < 4.78 is 17.6. The molecule has 6 heteroatoms. The summed E-state index contributed by atoms with van der Waals surface area (Å²) in [5, 5.41) is 18.0. The highest BCUT2D eigenvalue weighted by atomic mass is 19.1. The number of aliphatic carboxylic acids is 1. The fraction of sp³-hybridized carbons (Fsp3) is 0.200. The first-order valence-corrected chi connectivity index (χ1v) is 4.35. The lowest BCUT2D eigenvalue weighted by atomic mass is 10.3. The maximum absolute atomic E-state index is 12.6. The zero-order chi connectivity index (χ0) is 12.1. The van der Waals surface area contributed by atoms with Crippen molar-refractivity contribution >= 4 is 12.2 Å². The molecule has 0 aliphatic rings. The van der Waals surface area contributed by atoms with E-state index in [2.05, 4.69) is 4.99 Å². The first kappa shape index (κ1) is 12.0. The van der Waals surface area contributed by atoms with Crippen LogP contribution in [0.25, 0.3) is 0 Å². The molecule has 0 bridgehead atoms. The number of benzene rings is 1. The van der Waals surface area contributed by atoms with E-state index >= 15 is 0 Å². The number of aliphatic imine (C=N–C) groups is 1. The van der Waals surface area contributed by atoms with Gasteiger partial charge in [-0.05, 0) is 12.1 Å². The average molecular weight is 227 g/mol. The largest absolute Gasteiger partial charge is 0.504 e. The van der Waals surface area contributed by atoms with Crippen molar-refractivity contribution in [2.75, 3.05) is 7.05 Å². The quantitative estimate of drug-likeness (QED) is 0.754. The van der Waals surface area contributed by atoms with E-state index in [0.29, 0.717) is 0 Å². The van der Waals surface area contributed by atoms with E-state index in [1.165, 1.54) is 7.05 Å². The minimum atomic E-state index is -1.32. The Morgan fingerprint density at radius 2 is 2.31 bits per heavy atom. The van der Waals surface area contributed by atoms with E-state index < -0.39 is 23.6 Å². The minimum Gasteiger partial charge on any atom is -0.504 e. The molecular formula is C10H10FNO4. The van der Waals surface area contributed by atoms with Crippen LogP contribution in [0.2, 0.25) is 0 Å². The molecule has 1 rings (SSSR count). The van der Waals surface area contributed by atoms with Gasteiger partial charge in [-0.15, -0.1) is 0 Å². The Hall–Kier alpha value is -2.11. The molecule has 1 aromatic rings. The minimum absolute atomic E-state index is 0.117. The van der Waals surface area contributed by atoms with E-state index in [-0.39, 0.29) is 5.75 Å². The number of phenolic OH excluding ortho intramolecular Hbond substituents is 1. The van der Waals surface area contributed by atoms with Crippen molar-refractivity contribution in [3.63, 3.8) is 0 Å². The van der Waals surface area contributed by atoms with Gasteiger partial charge in [-0.25, -0.2) is 9.18 Å². The smallest absolute Gasteiger partial charge is 0.350 e. The molecule has 1 atom stereocenters. The van der Waals surface area contributed by atoms with Gasteiger partial charge >= 0.3 is 5.97 Å². The second-order valence-electron chi connectivity index (χ2n) is 2.90. The second-order valence-corrected chi connectivity index (χ2v) is 2.90. The van der Waals surface area contributed by atoms with Crippen molar-refractivity contribution in [2.45, 2.75) is 6.10 Å². The lowest BCUT2D eigenvalue weighted by Crippen LogP contribution is -2.28. The van der Waals surface area contributed by atoms with Crippen LogP contribution in [-0.4, -0.2) is 35.5 Å². The van der Waals surface area contributed by atoms with Crippen molar-refractivity contribution in [2.24, 2.45) is 4.99 Å². The van der Waals surface area contributed by atoms with Crippen molar-refractivity contribution in [3.05, 3.63) is 24.0 Å². The molecule has 0 amide bonds. The van der Waals surface area contributed by atoms with E-state index in [9.17, 15) is 14.3 Å². The van der Waals surface area contributed by atoms with Crippen LogP contribution in [0.15, 0.2) is 23.2 Å². The molecule has 1 aromatic carbocycles. The zero-order valence-corrected chi connectivity index (χ0v) is 8.42. The molecule has 2 N–H and O–H groups in total. The van der Waals surface area contributed by atoms with Gasteiger partial charge in [-0.3, -0.25) is 4.99 Å². The zero-order valence-electron chi connectivity index (χ0n) is 8.42. The topological polar surface area (TPSA) is 79.1 Å². The predicted octanol–water partition coefficient (Wildman–Crippen LogP) is 1.06. The van der Waals surface area contributed by atoms with Gasteiger partial charge in [0, 0.05) is 13.1 Å². The number of hydrogen-bond donors (Lipinski definition) is 2. The molecule has 0 aromatic heterocycles. The molecule has 0 aliphatic carbocycles. The highest BCUT2D eigenvalue weighted by Gasteiger charge is 2.18. The summed E-state index contributed by atoms with van der Waals surface area (Å²) in [5.74, 6) is -2.47. The number of carbonyl (C=O) groups is 1. The number of hydrogen-bond acceptors (Lipinski definition) is 4. The van der Waals surface area contributed by atoms with E-state index in [0.717, 1.165) is 24.4 Å². The van der Waals surface area contributed by atoms with Crippen LogP contribution in [0.3, 0.4) is 0 Å². The molecule has 0 aliphatic heterocycles. The number of halogens is 1. The third-order valence-corrected chi connectivity index (χ3v) is 1.70. The van der Waals surface area contributed by atoms with Gasteiger partial charge in [0.05, 0.1) is 6.21 Å². The Balaban J connectivity index is 2.89. The van der Waals surface area contributed by atoms with Gasteiger partial charge in [0.2, 0.25) is 6.10 Å². The van der Waals surface area contributed by atoms with Crippen LogP contribution in [-0.2, 0) is 4.79 Å². The Morgan fingerprint density at radius 1 is 1.62 bits per heavy atom. The molecular weight excluding hydrogens is 217 g/mol. The van der Waals surface area contributed by atoms with Crippen molar-refractivity contribution in [3.8, 4) is 11.5 Å². The number of aromatic hydroxyl groups is 1. The monoisotopic (exact) mass is 227 g/mol. The normalized spacial score (nSPS) is 12.6. The van der Waals surface area contributed by atoms with Gasteiger partial charge < -0.3 is 14.9 Å². The lowest BCUT2D eigenvalue weighted by molar-refractivity contribution is -0.141. The maximum atomic E-state index is 12.6. The molecule has 0 radical (unpaired) electrons. The van der Waals surface area contributed by atoms with Crippen molar-refractivity contribution < 1.29 is 24.1 Å². The fourth-order valence-corrected chi connectivity index (χ4v) is 1.01. The van der Waals surface area contributed by atoms with Gasteiger partial charge in [-0.2, -0.15) is 0 Å². The summed E-state index contributed by atoms with van der Waals surface area (Å²) in [6.45, 7) is 0. The maximum Gasteiger partial charge on any atom is 0.350 e. The Bertz CT molecular complexity index is 419. The Kier molecular flexibility index (Phi) is 3.82. The molecule has 5 nitrogen and oxygen atoms in total. The van der Waals surface area contributed by atoms with Gasteiger partial charge in [0.1, 0.15) is 5.82 Å². The molecule has 0 heterocycles. The lowest BCUT2D eigenvalue weighted by Gasteiger charge is -2.11. The molecule has 0 saturated heterocycles. The van der Waals surface area contributed by atoms with Crippen LogP contribution in [0.1, 0.15) is 0 Å². The van der Waals surface area contributed by atoms with E-state index in [4.69, 9.17) is 9.84 Å². The first-order valence-electron chi connectivity index (χ1n) is 4.35. The molecule has 0 fully saturated rings. The summed E-state index contributed by atoms with van der Waals surface area (Å²) in [4.78, 5) is 14.2. The van der Waals surface area contributed by atoms with Gasteiger partial charge in [-0.1, -0.05) is 0 Å². The number of rotatable bonds is 4. The van der Waals surface area contributed by atoms with Crippen molar-refractivity contribution in [1.29, 1.82) is 0 Å².